The third-order valence-electron chi connectivity index (χ3n) is 5.24. The molecule has 1 N–H and O–H groups in total. The minimum Gasteiger partial charge on any atom is -0.468 e. The third-order valence-corrected chi connectivity index (χ3v) is 5.24. The van der Waals surface area contributed by atoms with Gasteiger partial charge in [0.15, 0.2) is 0 Å². The summed E-state index contributed by atoms with van der Waals surface area (Å²) in [6.07, 6.45) is 5.75. The molecule has 3 heterocycles. The van der Waals surface area contributed by atoms with Gasteiger partial charge in [-0.25, -0.2) is 0 Å². The molecule has 1 aromatic carbocycles. The SMILES string of the molecule is CCC1CCc2ccccc2N1C(=O)c1coc2c1C(=O)NCCC2. The molecule has 0 saturated heterocycles. The van der Waals surface area contributed by atoms with Crippen LogP contribution in [0.3, 0.4) is 0 Å². The van der Waals surface area contributed by atoms with Crippen molar-refractivity contribution in [1.29, 1.82) is 0 Å². The lowest BCUT2D eigenvalue weighted by molar-refractivity contribution is 0.0930. The van der Waals surface area contributed by atoms with Crippen LogP contribution in [0.2, 0.25) is 0 Å². The minimum atomic E-state index is -0.206. The molecular weight excluding hydrogens is 316 g/mol. The molecule has 1 atom stereocenters. The van der Waals surface area contributed by atoms with Crippen LogP contribution < -0.4 is 10.2 Å². The van der Waals surface area contributed by atoms with E-state index in [0.717, 1.165) is 31.4 Å². The Labute approximate surface area is 147 Å². The maximum absolute atomic E-state index is 13.4. The lowest BCUT2D eigenvalue weighted by Crippen LogP contribution is -2.44. The number of rotatable bonds is 2. The summed E-state index contributed by atoms with van der Waals surface area (Å²) < 4.78 is 5.60. The van der Waals surface area contributed by atoms with Gasteiger partial charge in [0.2, 0.25) is 0 Å². The number of benzene rings is 1. The predicted molar refractivity (Wildman–Crippen MR) is 95.0 cm³/mol. The molecule has 5 heteroatoms. The van der Waals surface area contributed by atoms with Gasteiger partial charge in [-0.05, 0) is 37.3 Å². The fraction of sp³-hybridized carbons (Fsp3) is 0.400. The van der Waals surface area contributed by atoms with Gasteiger partial charge in [-0.15, -0.1) is 0 Å². The first-order chi connectivity index (χ1) is 12.2. The van der Waals surface area contributed by atoms with E-state index in [4.69, 9.17) is 4.42 Å². The molecule has 2 amide bonds. The largest absolute Gasteiger partial charge is 0.468 e. The fourth-order valence-electron chi connectivity index (χ4n) is 3.92. The molecule has 2 aromatic rings. The van der Waals surface area contributed by atoms with E-state index < -0.39 is 0 Å². The van der Waals surface area contributed by atoms with Gasteiger partial charge in [0.1, 0.15) is 12.0 Å². The topological polar surface area (TPSA) is 62.6 Å². The highest BCUT2D eigenvalue weighted by Gasteiger charge is 2.35. The highest BCUT2D eigenvalue weighted by Crippen LogP contribution is 2.34. The first-order valence-corrected chi connectivity index (χ1v) is 9.00. The molecule has 25 heavy (non-hydrogen) atoms. The number of aryl methyl sites for hydroxylation is 2. The van der Waals surface area contributed by atoms with E-state index in [9.17, 15) is 9.59 Å². The predicted octanol–water partition coefficient (Wildman–Crippen LogP) is 3.33. The van der Waals surface area contributed by atoms with Gasteiger partial charge < -0.3 is 14.6 Å². The van der Waals surface area contributed by atoms with Crippen molar-refractivity contribution < 1.29 is 14.0 Å². The van der Waals surface area contributed by atoms with Crippen LogP contribution in [-0.2, 0) is 12.8 Å². The lowest BCUT2D eigenvalue weighted by atomic mass is 9.93. The zero-order valence-electron chi connectivity index (χ0n) is 14.4. The Balaban J connectivity index is 1.78. The number of amides is 2. The molecule has 0 saturated carbocycles. The van der Waals surface area contributed by atoms with Crippen LogP contribution in [0.15, 0.2) is 34.9 Å². The van der Waals surface area contributed by atoms with Crippen LogP contribution in [0.5, 0.6) is 0 Å². The van der Waals surface area contributed by atoms with E-state index in [1.54, 1.807) is 0 Å². The van der Waals surface area contributed by atoms with Gasteiger partial charge in [0.25, 0.3) is 11.8 Å². The number of carbonyl (C=O) groups excluding carboxylic acids is 2. The number of carbonyl (C=O) groups is 2. The van der Waals surface area contributed by atoms with Gasteiger partial charge in [-0.2, -0.15) is 0 Å². The standard InChI is InChI=1S/C20H22N2O3/c1-2-14-10-9-13-6-3-4-7-16(13)22(14)20(24)15-12-25-17-8-5-11-21-19(23)18(15)17/h3-4,6-7,12,14H,2,5,8-11H2,1H3,(H,21,23). The van der Waals surface area contributed by atoms with Crippen LogP contribution >= 0.6 is 0 Å². The Bertz CT molecular complexity index is 824. The van der Waals surface area contributed by atoms with Crippen LogP contribution in [0.25, 0.3) is 0 Å². The zero-order chi connectivity index (χ0) is 17.4. The average molecular weight is 338 g/mol. The van der Waals surface area contributed by atoms with E-state index in [1.807, 2.05) is 23.1 Å². The van der Waals surface area contributed by atoms with Gasteiger partial charge in [0, 0.05) is 24.7 Å². The number of anilines is 1. The van der Waals surface area contributed by atoms with Crippen LogP contribution in [0.1, 0.15) is 58.2 Å². The lowest BCUT2D eigenvalue weighted by Gasteiger charge is -2.36. The quantitative estimate of drug-likeness (QED) is 0.913. The Morgan fingerprint density at radius 2 is 2.16 bits per heavy atom. The molecule has 5 nitrogen and oxygen atoms in total. The molecule has 0 fully saturated rings. The van der Waals surface area contributed by atoms with E-state index in [-0.39, 0.29) is 17.9 Å². The summed E-state index contributed by atoms with van der Waals surface area (Å²) in [4.78, 5) is 27.7. The van der Waals surface area contributed by atoms with Crippen molar-refractivity contribution in [1.82, 2.24) is 5.32 Å². The summed E-state index contributed by atoms with van der Waals surface area (Å²) in [6, 6.07) is 8.17. The minimum absolute atomic E-state index is 0.138. The molecule has 2 aliphatic rings. The Morgan fingerprint density at radius 3 is 3.00 bits per heavy atom. The van der Waals surface area contributed by atoms with Crippen LogP contribution in [0, 0.1) is 0 Å². The van der Waals surface area contributed by atoms with Crippen LogP contribution in [-0.4, -0.2) is 24.4 Å². The maximum Gasteiger partial charge on any atom is 0.262 e. The van der Waals surface area contributed by atoms with E-state index >= 15 is 0 Å². The van der Waals surface area contributed by atoms with Crippen molar-refractivity contribution >= 4 is 17.5 Å². The highest BCUT2D eigenvalue weighted by atomic mass is 16.3. The second kappa shape index (κ2) is 6.39. The van der Waals surface area contributed by atoms with Gasteiger partial charge in [-0.3, -0.25) is 9.59 Å². The number of furan rings is 1. The van der Waals surface area contributed by atoms with Gasteiger partial charge >= 0.3 is 0 Å². The second-order valence-corrected chi connectivity index (χ2v) is 6.71. The zero-order valence-corrected chi connectivity index (χ0v) is 14.4. The normalized spacial score (nSPS) is 19.6. The van der Waals surface area contributed by atoms with E-state index in [0.29, 0.717) is 29.9 Å². The van der Waals surface area contributed by atoms with Gasteiger partial charge in [-0.1, -0.05) is 25.1 Å². The monoisotopic (exact) mass is 338 g/mol. The third kappa shape index (κ3) is 2.64. The Hall–Kier alpha value is -2.56. The number of nitrogens with zero attached hydrogens (tertiary/aromatic N) is 1. The molecule has 0 radical (unpaired) electrons. The van der Waals surface area contributed by atoms with Crippen molar-refractivity contribution in [3.05, 3.63) is 53.0 Å². The maximum atomic E-state index is 13.4. The summed E-state index contributed by atoms with van der Waals surface area (Å²) in [5.41, 5.74) is 2.93. The van der Waals surface area contributed by atoms with Crippen molar-refractivity contribution in [2.75, 3.05) is 11.4 Å². The van der Waals surface area contributed by atoms with Crippen molar-refractivity contribution in [2.45, 2.75) is 45.1 Å². The summed E-state index contributed by atoms with van der Waals surface area (Å²) in [5.74, 6) is 0.278. The van der Waals surface area contributed by atoms with Gasteiger partial charge in [0.05, 0.1) is 11.1 Å². The molecule has 1 aromatic heterocycles. The number of para-hydroxylation sites is 1. The average Bonchev–Trinajstić information content (AvgIpc) is 2.99. The van der Waals surface area contributed by atoms with E-state index in [2.05, 4.69) is 18.3 Å². The molecular formula is C20H22N2O3. The summed E-state index contributed by atoms with van der Waals surface area (Å²) >= 11 is 0. The summed E-state index contributed by atoms with van der Waals surface area (Å²) in [5, 5.41) is 2.86. The Kier molecular flexibility index (Phi) is 4.07. The molecule has 0 spiro atoms. The molecule has 2 aliphatic heterocycles. The van der Waals surface area contributed by atoms with Crippen LogP contribution in [0.4, 0.5) is 5.69 Å². The molecule has 4 rings (SSSR count). The fourth-order valence-corrected chi connectivity index (χ4v) is 3.92. The first kappa shape index (κ1) is 15.9. The molecule has 0 bridgehead atoms. The Morgan fingerprint density at radius 1 is 1.32 bits per heavy atom. The second-order valence-electron chi connectivity index (χ2n) is 6.71. The summed E-state index contributed by atoms with van der Waals surface area (Å²) in [7, 11) is 0. The number of hydrogen-bond acceptors (Lipinski definition) is 3. The highest BCUT2D eigenvalue weighted by molar-refractivity contribution is 6.14. The van der Waals surface area contributed by atoms with Crippen molar-refractivity contribution in [3.63, 3.8) is 0 Å². The summed E-state index contributed by atoms with van der Waals surface area (Å²) in [6.45, 7) is 2.71. The number of hydrogen-bond donors (Lipinski definition) is 1. The smallest absolute Gasteiger partial charge is 0.262 e. The first-order valence-electron chi connectivity index (χ1n) is 9.00. The van der Waals surface area contributed by atoms with Crippen molar-refractivity contribution in [2.24, 2.45) is 0 Å². The van der Waals surface area contributed by atoms with E-state index in [1.165, 1.54) is 11.8 Å². The molecule has 1 unspecified atom stereocenters. The number of fused-ring (bicyclic) bond motifs is 2. The molecule has 130 valence electrons. The molecule has 0 aliphatic carbocycles. The number of nitrogens with one attached hydrogen (secondary N) is 1. The van der Waals surface area contributed by atoms with Crippen molar-refractivity contribution in [3.8, 4) is 0 Å².